The van der Waals surface area contributed by atoms with Crippen molar-refractivity contribution in [3.8, 4) is 28.5 Å². The lowest BCUT2D eigenvalue weighted by molar-refractivity contribution is 0.100. The van der Waals surface area contributed by atoms with Crippen LogP contribution in [0.1, 0.15) is 48.0 Å². The third-order valence-corrected chi connectivity index (χ3v) is 7.82. The van der Waals surface area contributed by atoms with Crippen molar-refractivity contribution in [3.05, 3.63) is 83.9 Å². The minimum Gasteiger partial charge on any atom is -0.494 e. The van der Waals surface area contributed by atoms with E-state index in [4.69, 9.17) is 20.3 Å². The second-order valence-electron chi connectivity index (χ2n) is 10.8. The molecule has 8 heteroatoms. The zero-order valence-corrected chi connectivity index (χ0v) is 23.4. The highest BCUT2D eigenvalue weighted by Crippen LogP contribution is 2.36. The molecule has 1 aromatic heterocycles. The van der Waals surface area contributed by atoms with E-state index < -0.39 is 5.91 Å². The summed E-state index contributed by atoms with van der Waals surface area (Å²) in [5.74, 6) is 2.36. The maximum absolute atomic E-state index is 12.7. The molecule has 0 atom stereocenters. The maximum Gasteiger partial charge on any atom is 0.254 e. The highest BCUT2D eigenvalue weighted by atomic mass is 16.5. The number of amides is 1. The second kappa shape index (κ2) is 12.5. The predicted octanol–water partition coefficient (Wildman–Crippen LogP) is 6.39. The van der Waals surface area contributed by atoms with E-state index in [1.165, 1.54) is 32.4 Å². The Morgan fingerprint density at radius 1 is 0.878 bits per heavy atom. The van der Waals surface area contributed by atoms with E-state index in [0.717, 1.165) is 54.1 Å². The van der Waals surface area contributed by atoms with Crippen molar-refractivity contribution in [3.63, 3.8) is 0 Å². The van der Waals surface area contributed by atoms with Gasteiger partial charge in [-0.25, -0.2) is 4.68 Å². The zero-order valence-electron chi connectivity index (χ0n) is 23.4. The number of anilines is 2. The molecule has 212 valence electrons. The van der Waals surface area contributed by atoms with Gasteiger partial charge in [-0.15, -0.1) is 0 Å². The smallest absolute Gasteiger partial charge is 0.254 e. The Hall–Kier alpha value is -4.30. The minimum absolute atomic E-state index is 0.374. The lowest BCUT2D eigenvalue weighted by atomic mass is 10.1. The number of hydrogen-bond donors (Lipinski definition) is 2. The second-order valence-corrected chi connectivity index (χ2v) is 10.8. The standard InChI is InChI=1S/C33H37N5O3/c34-32(39)30-31(25-12-14-27(15-13-25)41-26-9-3-1-4-10-26)36-38-21-17-24-11-16-28(23-29(24)35-33(30)38)40-22-8-7-20-37-18-5-2-6-19-37/h1,3-4,9-16,23,35H,2,5-8,17-22H2,(H2,34,39). The average Bonchev–Trinajstić information content (AvgIpc) is 3.26. The third kappa shape index (κ3) is 6.38. The number of likely N-dealkylation sites (tertiary alicyclic amines) is 1. The molecule has 0 bridgehead atoms. The molecule has 8 nitrogen and oxygen atoms in total. The number of rotatable bonds is 10. The molecule has 1 amide bonds. The van der Waals surface area contributed by atoms with Crippen LogP contribution in [0, 0.1) is 0 Å². The maximum atomic E-state index is 12.7. The number of nitrogens with zero attached hydrogens (tertiary/aromatic N) is 3. The van der Waals surface area contributed by atoms with Crippen molar-refractivity contribution in [1.29, 1.82) is 0 Å². The van der Waals surface area contributed by atoms with Crippen LogP contribution in [0.25, 0.3) is 11.3 Å². The number of piperidine rings is 1. The molecule has 0 unspecified atom stereocenters. The first-order valence-corrected chi connectivity index (χ1v) is 14.6. The summed E-state index contributed by atoms with van der Waals surface area (Å²) in [6.45, 7) is 4.93. The third-order valence-electron chi connectivity index (χ3n) is 7.82. The summed E-state index contributed by atoms with van der Waals surface area (Å²) in [6.07, 6.45) is 6.96. The van der Waals surface area contributed by atoms with Gasteiger partial charge in [0.05, 0.1) is 6.61 Å². The summed E-state index contributed by atoms with van der Waals surface area (Å²) in [6, 6.07) is 23.3. The predicted molar refractivity (Wildman–Crippen MR) is 161 cm³/mol. The van der Waals surface area contributed by atoms with Gasteiger partial charge < -0.3 is 25.4 Å². The van der Waals surface area contributed by atoms with E-state index in [1.807, 2.05) is 71.4 Å². The Kier molecular flexibility index (Phi) is 8.18. The molecule has 3 aromatic carbocycles. The zero-order chi connectivity index (χ0) is 28.0. The van der Waals surface area contributed by atoms with E-state index >= 15 is 0 Å². The van der Waals surface area contributed by atoms with Crippen molar-refractivity contribution >= 4 is 17.4 Å². The van der Waals surface area contributed by atoms with Gasteiger partial charge in [0.2, 0.25) is 0 Å². The Morgan fingerprint density at radius 3 is 2.41 bits per heavy atom. The first kappa shape index (κ1) is 26.9. The number of benzene rings is 3. The number of primary amides is 1. The van der Waals surface area contributed by atoms with Crippen LogP contribution in [0.2, 0.25) is 0 Å². The van der Waals surface area contributed by atoms with Gasteiger partial charge in [0.1, 0.15) is 34.3 Å². The molecule has 0 radical (unpaired) electrons. The van der Waals surface area contributed by atoms with Crippen molar-refractivity contribution in [2.24, 2.45) is 5.73 Å². The highest BCUT2D eigenvalue weighted by Gasteiger charge is 2.26. The largest absolute Gasteiger partial charge is 0.494 e. The Labute approximate surface area is 241 Å². The van der Waals surface area contributed by atoms with Gasteiger partial charge in [0.25, 0.3) is 5.91 Å². The molecule has 0 saturated carbocycles. The summed E-state index contributed by atoms with van der Waals surface area (Å²) in [4.78, 5) is 15.3. The van der Waals surface area contributed by atoms with Gasteiger partial charge >= 0.3 is 0 Å². The number of hydrogen-bond acceptors (Lipinski definition) is 6. The van der Waals surface area contributed by atoms with Crippen molar-refractivity contribution in [2.75, 3.05) is 31.6 Å². The van der Waals surface area contributed by atoms with Crippen LogP contribution in [0.4, 0.5) is 11.5 Å². The number of carbonyl (C=O) groups is 1. The van der Waals surface area contributed by atoms with Crippen LogP contribution in [0.5, 0.6) is 17.2 Å². The van der Waals surface area contributed by atoms with Crippen LogP contribution in [-0.4, -0.2) is 46.8 Å². The summed E-state index contributed by atoms with van der Waals surface area (Å²) in [5, 5.41) is 8.27. The van der Waals surface area contributed by atoms with E-state index in [0.29, 0.717) is 36.0 Å². The number of ether oxygens (including phenoxy) is 2. The van der Waals surface area contributed by atoms with E-state index in [1.54, 1.807) is 0 Å². The quantitative estimate of drug-likeness (QED) is 0.222. The molecule has 2 aliphatic rings. The van der Waals surface area contributed by atoms with Crippen molar-refractivity contribution < 1.29 is 14.3 Å². The van der Waals surface area contributed by atoms with Crippen LogP contribution in [0.15, 0.2) is 72.8 Å². The molecule has 1 fully saturated rings. The fraction of sp³-hybridized carbons (Fsp3) is 0.333. The number of nitrogens with one attached hydrogen (secondary N) is 1. The molecule has 1 saturated heterocycles. The number of carbonyl (C=O) groups excluding carboxylic acids is 1. The number of unbranched alkanes of at least 4 members (excludes halogenated alkanes) is 1. The fourth-order valence-electron chi connectivity index (χ4n) is 5.64. The monoisotopic (exact) mass is 551 g/mol. The first-order chi connectivity index (χ1) is 20.1. The van der Waals surface area contributed by atoms with Gasteiger partial charge in [-0.05, 0) is 99.8 Å². The number of nitrogens with two attached hydrogens (primary N) is 1. The lowest BCUT2D eigenvalue weighted by Gasteiger charge is -2.26. The first-order valence-electron chi connectivity index (χ1n) is 14.6. The topological polar surface area (TPSA) is 94.6 Å². The Morgan fingerprint density at radius 2 is 1.63 bits per heavy atom. The van der Waals surface area contributed by atoms with Gasteiger partial charge in [-0.3, -0.25) is 4.79 Å². The van der Waals surface area contributed by atoms with Crippen LogP contribution < -0.4 is 20.5 Å². The summed E-state index contributed by atoms with van der Waals surface area (Å²) in [7, 11) is 0. The van der Waals surface area contributed by atoms with Crippen molar-refractivity contribution in [1.82, 2.24) is 14.7 Å². The van der Waals surface area contributed by atoms with Crippen molar-refractivity contribution in [2.45, 2.75) is 45.1 Å². The summed E-state index contributed by atoms with van der Waals surface area (Å²) in [5.41, 5.74) is 9.69. The van der Waals surface area contributed by atoms with E-state index in [9.17, 15) is 4.79 Å². The molecule has 3 N–H and O–H groups in total. The van der Waals surface area contributed by atoms with Crippen LogP contribution >= 0.6 is 0 Å². The van der Waals surface area contributed by atoms with Crippen LogP contribution in [0.3, 0.4) is 0 Å². The van der Waals surface area contributed by atoms with Gasteiger partial charge in [0.15, 0.2) is 0 Å². The summed E-state index contributed by atoms with van der Waals surface area (Å²) >= 11 is 0. The normalized spacial score (nSPS) is 14.8. The lowest BCUT2D eigenvalue weighted by Crippen LogP contribution is -2.30. The van der Waals surface area contributed by atoms with E-state index in [2.05, 4.69) is 16.3 Å². The molecule has 2 aliphatic heterocycles. The fourth-order valence-corrected chi connectivity index (χ4v) is 5.64. The minimum atomic E-state index is -0.525. The number of fused-ring (bicyclic) bond motifs is 2. The average molecular weight is 552 g/mol. The molecule has 0 aliphatic carbocycles. The number of aryl methyl sites for hydroxylation is 2. The molecule has 41 heavy (non-hydrogen) atoms. The Bertz CT molecular complexity index is 1480. The molecule has 0 spiro atoms. The Balaban J connectivity index is 1.15. The number of para-hydroxylation sites is 1. The number of aromatic nitrogens is 2. The van der Waals surface area contributed by atoms with E-state index in [-0.39, 0.29) is 0 Å². The van der Waals surface area contributed by atoms with Gasteiger partial charge in [-0.2, -0.15) is 5.10 Å². The van der Waals surface area contributed by atoms with Crippen LogP contribution in [-0.2, 0) is 13.0 Å². The molecule has 6 rings (SSSR count). The van der Waals surface area contributed by atoms with Gasteiger partial charge in [-0.1, -0.05) is 30.7 Å². The molecule has 4 aromatic rings. The highest BCUT2D eigenvalue weighted by molar-refractivity contribution is 6.04. The summed E-state index contributed by atoms with van der Waals surface area (Å²) < 4.78 is 13.9. The molecule has 3 heterocycles. The molecular formula is C33H37N5O3. The molecular weight excluding hydrogens is 514 g/mol. The SMILES string of the molecule is NC(=O)c1c(-c2ccc(Oc3ccccc3)cc2)nn2c1Nc1cc(OCCCCN3CCCCC3)ccc1CC2. The van der Waals surface area contributed by atoms with Gasteiger partial charge in [0, 0.05) is 23.9 Å².